The lowest BCUT2D eigenvalue weighted by atomic mass is 9.95. The van der Waals surface area contributed by atoms with Crippen LogP contribution >= 0.6 is 0 Å². The van der Waals surface area contributed by atoms with Crippen LogP contribution in [0.2, 0.25) is 0 Å². The molecule has 0 radical (unpaired) electrons. The van der Waals surface area contributed by atoms with Crippen molar-refractivity contribution in [3.63, 3.8) is 0 Å². The molecule has 0 saturated carbocycles. The fourth-order valence-corrected chi connectivity index (χ4v) is 7.50. The van der Waals surface area contributed by atoms with Gasteiger partial charge in [0.1, 0.15) is 61.5 Å². The van der Waals surface area contributed by atoms with Gasteiger partial charge < -0.3 is 78.4 Å². The monoisotopic (exact) mass is 920 g/mol. The molecule has 0 bridgehead atoms. The van der Waals surface area contributed by atoms with Crippen LogP contribution in [0, 0.1) is 0 Å². The van der Waals surface area contributed by atoms with E-state index in [9.17, 15) is 54.9 Å². The van der Waals surface area contributed by atoms with Crippen molar-refractivity contribution in [1.29, 1.82) is 0 Å². The van der Waals surface area contributed by atoms with Gasteiger partial charge in [0.25, 0.3) is 0 Å². The van der Waals surface area contributed by atoms with Crippen molar-refractivity contribution in [2.75, 3.05) is 19.8 Å². The number of rotatable bonds is 15. The van der Waals surface area contributed by atoms with E-state index in [1.807, 2.05) is 0 Å². The van der Waals surface area contributed by atoms with Gasteiger partial charge in [-0.25, -0.2) is 19.2 Å². The van der Waals surface area contributed by atoms with Gasteiger partial charge in [-0.3, -0.25) is 0 Å². The number of aliphatic hydroxyl groups excluding tert-OH is 7. The molecular weight excluding hydrogens is 872 g/mol. The molecule has 15 atom stereocenters. The summed E-state index contributed by atoms with van der Waals surface area (Å²) in [5.74, 6) is -3.88. The van der Waals surface area contributed by atoms with Crippen LogP contribution in [0.25, 0.3) is 0 Å². The molecule has 0 aromatic heterocycles. The van der Waals surface area contributed by atoms with Crippen LogP contribution in [0.5, 0.6) is 0 Å². The summed E-state index contributed by atoms with van der Waals surface area (Å²) in [6.45, 7) is -2.56. The van der Waals surface area contributed by atoms with Crippen molar-refractivity contribution in [3.05, 3.63) is 144 Å². The Labute approximate surface area is 376 Å². The van der Waals surface area contributed by atoms with Crippen molar-refractivity contribution in [1.82, 2.24) is 0 Å². The van der Waals surface area contributed by atoms with Crippen LogP contribution in [-0.4, -0.2) is 172 Å². The van der Waals surface area contributed by atoms with E-state index in [1.165, 1.54) is 60.7 Å². The number of hydrogen-bond acceptors (Lipinski definition) is 20. The lowest BCUT2D eigenvalue weighted by molar-refractivity contribution is -0.382. The molecule has 3 heterocycles. The Morgan fingerprint density at radius 3 is 1.32 bits per heavy atom. The summed E-state index contributed by atoms with van der Waals surface area (Å²) in [5, 5.41) is 74.3. The molecule has 0 spiro atoms. The second-order valence-corrected chi connectivity index (χ2v) is 15.4. The number of benzene rings is 4. The zero-order valence-electron chi connectivity index (χ0n) is 34.8. The third kappa shape index (κ3) is 11.1. The molecule has 7 rings (SSSR count). The Morgan fingerprint density at radius 1 is 0.409 bits per heavy atom. The number of ether oxygens (including phenoxy) is 9. The van der Waals surface area contributed by atoms with Gasteiger partial charge in [0.15, 0.2) is 37.2 Å². The highest BCUT2D eigenvalue weighted by Crippen LogP contribution is 2.36. The predicted octanol–water partition coefficient (Wildman–Crippen LogP) is -0.114. The average molecular weight is 921 g/mol. The first kappa shape index (κ1) is 48.2. The van der Waals surface area contributed by atoms with Crippen molar-refractivity contribution in [2.24, 2.45) is 0 Å². The van der Waals surface area contributed by atoms with Gasteiger partial charge in [-0.2, -0.15) is 0 Å². The van der Waals surface area contributed by atoms with Crippen LogP contribution in [-0.2, 0) is 42.6 Å². The normalized spacial score (nSPS) is 32.1. The summed E-state index contributed by atoms with van der Waals surface area (Å²) in [6, 6.07) is 30.5. The number of carbonyl (C=O) groups excluding carboxylic acids is 4. The fourth-order valence-electron chi connectivity index (χ4n) is 7.50. The van der Waals surface area contributed by atoms with E-state index in [1.54, 1.807) is 60.7 Å². The van der Waals surface area contributed by atoms with Crippen LogP contribution in [0.3, 0.4) is 0 Å². The van der Waals surface area contributed by atoms with Crippen LogP contribution in [0.1, 0.15) is 41.4 Å². The van der Waals surface area contributed by atoms with E-state index in [2.05, 4.69) is 0 Å². The van der Waals surface area contributed by atoms with Crippen LogP contribution < -0.4 is 0 Å². The lowest BCUT2D eigenvalue weighted by Crippen LogP contribution is -2.68. The SMILES string of the molecule is O=C(OC[C@H]1O[C@@H](O[C@H]2[C@H](O[C@H]3O[C@H](CO)[C@@H](O)[C@H](O)[C@H]3O)[C@@H](O)[C@@H](O)O[C@@H]2CO)[C@H](OC(=O)c2ccccc2)[C@@H](OC(=O)c2ccccc2)[C@@H]1OC(=O)c1ccccc1)c1ccccc1. The Bertz CT molecular complexity index is 2200. The number of esters is 4. The molecule has 0 amide bonds. The number of aliphatic hydroxyl groups is 7. The molecular formula is C46H48O20. The zero-order valence-corrected chi connectivity index (χ0v) is 34.8. The van der Waals surface area contributed by atoms with Crippen molar-refractivity contribution in [2.45, 2.75) is 92.1 Å². The quantitative estimate of drug-likeness (QED) is 0.0605. The van der Waals surface area contributed by atoms with E-state index >= 15 is 0 Å². The molecule has 3 fully saturated rings. The first-order valence-corrected chi connectivity index (χ1v) is 20.8. The van der Waals surface area contributed by atoms with Gasteiger partial charge in [0.2, 0.25) is 0 Å². The summed E-state index contributed by atoms with van der Waals surface area (Å²) in [7, 11) is 0. The highest BCUT2D eigenvalue weighted by Gasteiger charge is 2.57. The largest absolute Gasteiger partial charge is 0.459 e. The van der Waals surface area contributed by atoms with E-state index in [0.29, 0.717) is 0 Å². The average Bonchev–Trinajstić information content (AvgIpc) is 3.35. The molecule has 4 aromatic carbocycles. The maximum Gasteiger partial charge on any atom is 0.338 e. The Kier molecular flexibility index (Phi) is 16.2. The minimum absolute atomic E-state index is 0.000848. The van der Waals surface area contributed by atoms with Gasteiger partial charge in [0.05, 0.1) is 35.5 Å². The Hall–Kier alpha value is -5.72. The molecule has 3 aliphatic rings. The maximum atomic E-state index is 14.1. The smallest absolute Gasteiger partial charge is 0.338 e. The van der Waals surface area contributed by atoms with Crippen LogP contribution in [0.15, 0.2) is 121 Å². The second kappa shape index (κ2) is 22.2. The third-order valence-corrected chi connectivity index (χ3v) is 11.0. The highest BCUT2D eigenvalue weighted by molar-refractivity contribution is 5.91. The molecule has 0 unspecified atom stereocenters. The summed E-state index contributed by atoms with van der Waals surface area (Å²) in [4.78, 5) is 55.4. The van der Waals surface area contributed by atoms with Gasteiger partial charge in [-0.05, 0) is 48.5 Å². The standard InChI is InChI=1S/C46H48O20/c47-21-28-31(49)32(50)33(51)45(60-28)66-37-34(52)44(57)59-29(22-48)35(37)65-46-39(64-43(56)27-19-11-4-12-20-27)38(63-42(55)26-17-9-3-10-18-26)36(62-41(54)25-15-7-2-8-16-25)30(61-46)23-58-40(53)24-13-5-1-6-14-24/h1-20,28-39,44-52,57H,21-23H2/t28-,29-,30-,31-,32+,33-,34-,35-,36-,37-,38+,39-,44+,45-,46+/m1/s1. The van der Waals surface area contributed by atoms with Crippen molar-refractivity contribution >= 4 is 23.9 Å². The minimum atomic E-state index is -2.10. The topological polar surface area (TPSA) is 293 Å². The first-order valence-electron chi connectivity index (χ1n) is 20.8. The van der Waals surface area contributed by atoms with Crippen LogP contribution in [0.4, 0.5) is 0 Å². The molecule has 0 aliphatic carbocycles. The molecule has 20 nitrogen and oxygen atoms in total. The predicted molar refractivity (Wildman–Crippen MR) is 220 cm³/mol. The molecule has 3 saturated heterocycles. The minimum Gasteiger partial charge on any atom is -0.459 e. The Balaban J connectivity index is 1.32. The van der Waals surface area contributed by atoms with Gasteiger partial charge >= 0.3 is 23.9 Å². The van der Waals surface area contributed by atoms with Crippen molar-refractivity contribution < 1.29 is 97.6 Å². The van der Waals surface area contributed by atoms with Gasteiger partial charge in [-0.15, -0.1) is 0 Å². The summed E-state index contributed by atoms with van der Waals surface area (Å²) >= 11 is 0. The van der Waals surface area contributed by atoms with E-state index < -0.39 is 136 Å². The van der Waals surface area contributed by atoms with E-state index in [-0.39, 0.29) is 22.3 Å². The fraction of sp³-hybridized carbons (Fsp3) is 0.391. The molecule has 7 N–H and O–H groups in total. The molecule has 66 heavy (non-hydrogen) atoms. The maximum absolute atomic E-state index is 14.1. The summed E-state index contributed by atoms with van der Waals surface area (Å²) < 4.78 is 53.5. The van der Waals surface area contributed by atoms with Gasteiger partial charge in [0, 0.05) is 0 Å². The molecule has 3 aliphatic heterocycles. The zero-order chi connectivity index (χ0) is 46.9. The second-order valence-electron chi connectivity index (χ2n) is 15.4. The van der Waals surface area contributed by atoms with E-state index in [4.69, 9.17) is 42.6 Å². The van der Waals surface area contributed by atoms with Gasteiger partial charge in [-0.1, -0.05) is 72.8 Å². The highest BCUT2D eigenvalue weighted by atomic mass is 16.8. The molecule has 4 aromatic rings. The lowest BCUT2D eigenvalue weighted by Gasteiger charge is -2.49. The molecule has 20 heteroatoms. The number of carbonyl (C=O) groups is 4. The summed E-state index contributed by atoms with van der Waals surface area (Å²) in [5.41, 5.74) is 0.137. The number of hydrogen-bond donors (Lipinski definition) is 7. The Morgan fingerprint density at radius 2 is 0.833 bits per heavy atom. The van der Waals surface area contributed by atoms with E-state index in [0.717, 1.165) is 0 Å². The summed E-state index contributed by atoms with van der Waals surface area (Å²) in [6.07, 6.45) is -28.1. The molecule has 352 valence electrons. The third-order valence-electron chi connectivity index (χ3n) is 11.0. The van der Waals surface area contributed by atoms with Crippen molar-refractivity contribution in [3.8, 4) is 0 Å². The first-order chi connectivity index (χ1) is 31.9.